The van der Waals surface area contributed by atoms with Crippen LogP contribution >= 0.6 is 0 Å². The van der Waals surface area contributed by atoms with Crippen molar-refractivity contribution in [3.8, 4) is 0 Å². The monoisotopic (exact) mass is 256 g/mol. The fourth-order valence-corrected chi connectivity index (χ4v) is 2.85. The number of rotatable bonds is 3. The lowest BCUT2D eigenvalue weighted by Crippen LogP contribution is -2.52. The summed E-state index contributed by atoms with van der Waals surface area (Å²) in [7, 11) is 0. The van der Waals surface area contributed by atoms with E-state index in [4.69, 9.17) is 10.5 Å². The zero-order chi connectivity index (χ0) is 13.2. The van der Waals surface area contributed by atoms with Gasteiger partial charge in [-0.15, -0.1) is 0 Å². The van der Waals surface area contributed by atoms with Crippen molar-refractivity contribution in [1.29, 1.82) is 0 Å². The van der Waals surface area contributed by atoms with Gasteiger partial charge in [0.15, 0.2) is 0 Å². The van der Waals surface area contributed by atoms with Gasteiger partial charge in [0, 0.05) is 38.6 Å². The summed E-state index contributed by atoms with van der Waals surface area (Å²) >= 11 is 0. The smallest absolute Gasteiger partial charge is 0.227 e. The molecule has 1 aliphatic heterocycles. The van der Waals surface area contributed by atoms with Crippen LogP contribution in [0.4, 0.5) is 0 Å². The fourth-order valence-electron chi connectivity index (χ4n) is 2.85. The summed E-state index contributed by atoms with van der Waals surface area (Å²) in [5.41, 5.74) is 4.73. The first-order valence-corrected chi connectivity index (χ1v) is 6.80. The number of carbonyl (C=O) groups is 1. The molecule has 5 heteroatoms. The molecule has 0 aromatic rings. The summed E-state index contributed by atoms with van der Waals surface area (Å²) < 4.78 is 5.22. The second-order valence-electron chi connectivity index (χ2n) is 5.94. The highest BCUT2D eigenvalue weighted by Crippen LogP contribution is 2.36. The molecule has 0 bridgehead atoms. The van der Waals surface area contributed by atoms with Crippen LogP contribution in [0.1, 0.15) is 39.0 Å². The Hall–Kier alpha value is -0.650. The molecule has 0 aromatic carbocycles. The summed E-state index contributed by atoms with van der Waals surface area (Å²) in [5.74, 6) is -0.0209. The van der Waals surface area contributed by atoms with Gasteiger partial charge >= 0.3 is 0 Å². The highest BCUT2D eigenvalue weighted by atomic mass is 16.5. The molecule has 2 fully saturated rings. The van der Waals surface area contributed by atoms with E-state index in [1.165, 1.54) is 0 Å². The van der Waals surface area contributed by atoms with Gasteiger partial charge in [-0.05, 0) is 19.8 Å². The Morgan fingerprint density at radius 2 is 2.11 bits per heavy atom. The number of carbonyl (C=O) groups excluding carboxylic acids is 1. The van der Waals surface area contributed by atoms with E-state index >= 15 is 0 Å². The van der Waals surface area contributed by atoms with E-state index in [0.717, 1.165) is 19.3 Å². The average molecular weight is 256 g/mol. The van der Waals surface area contributed by atoms with Gasteiger partial charge in [-0.25, -0.2) is 0 Å². The lowest BCUT2D eigenvalue weighted by atomic mass is 9.83. The molecular weight excluding hydrogens is 232 g/mol. The molecule has 1 saturated carbocycles. The van der Waals surface area contributed by atoms with Gasteiger partial charge in [-0.1, -0.05) is 6.42 Å². The quantitative estimate of drug-likeness (QED) is 0.671. The molecule has 0 aromatic heterocycles. The van der Waals surface area contributed by atoms with Crippen molar-refractivity contribution in [2.75, 3.05) is 19.8 Å². The molecule has 104 valence electrons. The normalized spacial score (nSPS) is 35.4. The summed E-state index contributed by atoms with van der Waals surface area (Å²) in [6.45, 7) is 3.35. The number of ether oxygens (including phenoxy) is 1. The van der Waals surface area contributed by atoms with Gasteiger partial charge < -0.3 is 20.9 Å². The number of aliphatic hydroxyl groups is 1. The van der Waals surface area contributed by atoms with Crippen LogP contribution in [-0.2, 0) is 9.53 Å². The molecule has 1 amide bonds. The highest BCUT2D eigenvalue weighted by Gasteiger charge is 2.43. The van der Waals surface area contributed by atoms with E-state index < -0.39 is 11.0 Å². The molecule has 1 heterocycles. The lowest BCUT2D eigenvalue weighted by Gasteiger charge is -2.34. The number of amides is 1. The summed E-state index contributed by atoms with van der Waals surface area (Å²) in [5, 5.41) is 13.2. The van der Waals surface area contributed by atoms with E-state index in [2.05, 4.69) is 5.32 Å². The van der Waals surface area contributed by atoms with E-state index in [0.29, 0.717) is 32.6 Å². The Labute approximate surface area is 108 Å². The minimum absolute atomic E-state index is 0.0209. The molecule has 2 atom stereocenters. The summed E-state index contributed by atoms with van der Waals surface area (Å²) in [4.78, 5) is 12.2. The van der Waals surface area contributed by atoms with E-state index in [9.17, 15) is 9.90 Å². The number of nitrogens with two attached hydrogens (primary N) is 1. The second-order valence-corrected chi connectivity index (χ2v) is 5.94. The van der Waals surface area contributed by atoms with Crippen molar-refractivity contribution in [2.45, 2.75) is 50.7 Å². The topological polar surface area (TPSA) is 84.6 Å². The molecule has 18 heavy (non-hydrogen) atoms. The van der Waals surface area contributed by atoms with Crippen LogP contribution in [-0.4, -0.2) is 42.4 Å². The molecule has 1 aliphatic carbocycles. The first-order valence-electron chi connectivity index (χ1n) is 6.80. The highest BCUT2D eigenvalue weighted by molar-refractivity contribution is 5.83. The molecule has 1 saturated heterocycles. The maximum absolute atomic E-state index is 12.2. The molecular formula is C13H24N2O3. The summed E-state index contributed by atoms with van der Waals surface area (Å²) in [6, 6.07) is -0.0677. The third-order valence-corrected chi connectivity index (χ3v) is 4.55. The minimum Gasteiger partial charge on any atom is -0.388 e. The molecule has 2 rings (SSSR count). The van der Waals surface area contributed by atoms with Gasteiger partial charge in [0.05, 0.1) is 11.0 Å². The SMILES string of the molecule is CC1(C(=O)NCC2(O)CCOCC2)CCCC1N. The zero-order valence-corrected chi connectivity index (χ0v) is 11.1. The van der Waals surface area contributed by atoms with Crippen LogP contribution in [0.5, 0.6) is 0 Å². The van der Waals surface area contributed by atoms with Crippen LogP contribution in [0.3, 0.4) is 0 Å². The molecule has 2 aliphatic rings. The Balaban J connectivity index is 1.88. The third-order valence-electron chi connectivity index (χ3n) is 4.55. The maximum Gasteiger partial charge on any atom is 0.227 e. The van der Waals surface area contributed by atoms with E-state index in [1.807, 2.05) is 6.92 Å². The Morgan fingerprint density at radius 1 is 1.44 bits per heavy atom. The first kappa shape index (κ1) is 13.8. The Morgan fingerprint density at radius 3 is 2.67 bits per heavy atom. The van der Waals surface area contributed by atoms with Crippen molar-refractivity contribution in [2.24, 2.45) is 11.1 Å². The van der Waals surface area contributed by atoms with Crippen molar-refractivity contribution in [3.05, 3.63) is 0 Å². The standard InChI is InChI=1S/C13H24N2O3/c1-12(4-2-3-10(12)14)11(16)15-9-13(17)5-7-18-8-6-13/h10,17H,2-9,14H2,1H3,(H,15,16). The van der Waals surface area contributed by atoms with Gasteiger partial charge in [-0.3, -0.25) is 4.79 Å². The van der Waals surface area contributed by atoms with Gasteiger partial charge in [0.2, 0.25) is 5.91 Å². The van der Waals surface area contributed by atoms with Crippen LogP contribution in [0, 0.1) is 5.41 Å². The molecule has 4 N–H and O–H groups in total. The average Bonchev–Trinajstić information content (AvgIpc) is 2.69. The second kappa shape index (κ2) is 5.15. The first-order chi connectivity index (χ1) is 8.46. The van der Waals surface area contributed by atoms with Crippen molar-refractivity contribution < 1.29 is 14.6 Å². The predicted octanol–water partition coefficient (Wildman–Crippen LogP) is 0.162. The van der Waals surface area contributed by atoms with Crippen molar-refractivity contribution in [1.82, 2.24) is 5.32 Å². The fraction of sp³-hybridized carbons (Fsp3) is 0.923. The van der Waals surface area contributed by atoms with Crippen molar-refractivity contribution in [3.63, 3.8) is 0 Å². The van der Waals surface area contributed by atoms with E-state index in [1.54, 1.807) is 0 Å². The lowest BCUT2D eigenvalue weighted by molar-refractivity contribution is -0.133. The number of hydrogen-bond donors (Lipinski definition) is 3. The van der Waals surface area contributed by atoms with Crippen LogP contribution in [0.15, 0.2) is 0 Å². The largest absolute Gasteiger partial charge is 0.388 e. The zero-order valence-electron chi connectivity index (χ0n) is 11.1. The minimum atomic E-state index is -0.813. The number of nitrogens with one attached hydrogen (secondary N) is 1. The number of hydrogen-bond acceptors (Lipinski definition) is 4. The van der Waals surface area contributed by atoms with Crippen LogP contribution in [0.2, 0.25) is 0 Å². The molecule has 5 nitrogen and oxygen atoms in total. The van der Waals surface area contributed by atoms with Gasteiger partial charge in [-0.2, -0.15) is 0 Å². The van der Waals surface area contributed by atoms with Gasteiger partial charge in [0.25, 0.3) is 0 Å². The van der Waals surface area contributed by atoms with Crippen molar-refractivity contribution >= 4 is 5.91 Å². The predicted molar refractivity (Wildman–Crippen MR) is 67.9 cm³/mol. The van der Waals surface area contributed by atoms with Crippen LogP contribution in [0.25, 0.3) is 0 Å². The van der Waals surface area contributed by atoms with Crippen LogP contribution < -0.4 is 11.1 Å². The molecule has 0 spiro atoms. The van der Waals surface area contributed by atoms with E-state index in [-0.39, 0.29) is 11.9 Å². The Bertz CT molecular complexity index is 315. The molecule has 0 radical (unpaired) electrons. The summed E-state index contributed by atoms with van der Waals surface area (Å²) in [6.07, 6.45) is 3.90. The maximum atomic E-state index is 12.2. The third kappa shape index (κ3) is 2.68. The Kier molecular flexibility index (Phi) is 3.94. The molecule has 2 unspecified atom stereocenters. The van der Waals surface area contributed by atoms with Gasteiger partial charge in [0.1, 0.15) is 0 Å².